The van der Waals surface area contributed by atoms with Crippen molar-refractivity contribution in [2.75, 3.05) is 6.61 Å². The summed E-state index contributed by atoms with van der Waals surface area (Å²) in [5, 5.41) is 4.17. The molecule has 0 aliphatic rings. The zero-order chi connectivity index (χ0) is 13.7. The van der Waals surface area contributed by atoms with Crippen LogP contribution in [0.25, 0.3) is 11.1 Å². The molecule has 0 saturated heterocycles. The molecule has 2 aromatic rings. The summed E-state index contributed by atoms with van der Waals surface area (Å²) in [6, 6.07) is 9.61. The van der Waals surface area contributed by atoms with Gasteiger partial charge in [0.15, 0.2) is 0 Å². The number of hydrogen-bond donors (Lipinski definition) is 1. The molecule has 2 rings (SSSR count). The minimum atomic E-state index is -0.591. The van der Waals surface area contributed by atoms with Gasteiger partial charge >= 0.3 is 5.97 Å². The maximum absolute atomic E-state index is 11.5. The van der Waals surface area contributed by atoms with E-state index in [0.717, 1.165) is 5.56 Å². The normalized spacial score (nSPS) is 12.1. The van der Waals surface area contributed by atoms with E-state index in [2.05, 4.69) is 29.0 Å². The van der Waals surface area contributed by atoms with Gasteiger partial charge in [-0.3, -0.25) is 4.79 Å². The molecule has 3 nitrogen and oxygen atoms in total. The number of ether oxygens (including phenoxy) is 1. The van der Waals surface area contributed by atoms with Crippen LogP contribution in [0.3, 0.4) is 0 Å². The molecule has 0 bridgehead atoms. The smallest absolute Gasteiger partial charge is 0.323 e. The maximum Gasteiger partial charge on any atom is 0.323 e. The van der Waals surface area contributed by atoms with Crippen LogP contribution in [-0.2, 0) is 16.0 Å². The van der Waals surface area contributed by atoms with Crippen LogP contribution < -0.4 is 5.73 Å². The average molecular weight is 275 g/mol. The third kappa shape index (κ3) is 3.66. The number of thiophene rings is 1. The summed E-state index contributed by atoms with van der Waals surface area (Å²) in [7, 11) is 0. The number of carbonyl (C=O) groups is 1. The number of benzene rings is 1. The quantitative estimate of drug-likeness (QED) is 0.854. The molecule has 19 heavy (non-hydrogen) atoms. The van der Waals surface area contributed by atoms with E-state index in [0.29, 0.717) is 13.0 Å². The van der Waals surface area contributed by atoms with E-state index in [1.165, 1.54) is 11.1 Å². The van der Waals surface area contributed by atoms with Gasteiger partial charge in [-0.2, -0.15) is 11.3 Å². The zero-order valence-electron chi connectivity index (χ0n) is 10.8. The van der Waals surface area contributed by atoms with E-state index in [1.807, 2.05) is 12.1 Å². The second kappa shape index (κ2) is 6.50. The number of esters is 1. The van der Waals surface area contributed by atoms with Gasteiger partial charge in [0, 0.05) is 0 Å². The van der Waals surface area contributed by atoms with Crippen LogP contribution in [0.15, 0.2) is 41.1 Å². The molecule has 0 spiro atoms. The maximum atomic E-state index is 11.5. The van der Waals surface area contributed by atoms with Crippen molar-refractivity contribution in [1.82, 2.24) is 0 Å². The first-order valence-corrected chi connectivity index (χ1v) is 7.18. The topological polar surface area (TPSA) is 52.3 Å². The van der Waals surface area contributed by atoms with Gasteiger partial charge in [-0.05, 0) is 46.9 Å². The van der Waals surface area contributed by atoms with Gasteiger partial charge in [0.25, 0.3) is 0 Å². The monoisotopic (exact) mass is 275 g/mol. The van der Waals surface area contributed by atoms with Crippen molar-refractivity contribution >= 4 is 17.3 Å². The Labute approximate surface area is 117 Å². The Hall–Kier alpha value is -1.65. The van der Waals surface area contributed by atoms with Crippen LogP contribution in [0.4, 0.5) is 0 Å². The lowest BCUT2D eigenvalue weighted by Gasteiger charge is -2.10. The summed E-state index contributed by atoms with van der Waals surface area (Å²) >= 11 is 1.68. The molecule has 0 radical (unpaired) electrons. The fraction of sp³-hybridized carbons (Fsp3) is 0.267. The van der Waals surface area contributed by atoms with Gasteiger partial charge in [0.2, 0.25) is 0 Å². The molecular formula is C15H17NO2S. The second-order valence-electron chi connectivity index (χ2n) is 4.27. The first-order chi connectivity index (χ1) is 9.20. The molecule has 2 N–H and O–H groups in total. The lowest BCUT2D eigenvalue weighted by Crippen LogP contribution is -2.34. The Bertz CT molecular complexity index is 520. The largest absolute Gasteiger partial charge is 0.465 e. The molecular weight excluding hydrogens is 258 g/mol. The molecule has 0 aliphatic carbocycles. The Balaban J connectivity index is 2.01. The predicted molar refractivity (Wildman–Crippen MR) is 78.1 cm³/mol. The van der Waals surface area contributed by atoms with E-state index in [4.69, 9.17) is 10.5 Å². The molecule has 1 heterocycles. The van der Waals surface area contributed by atoms with E-state index in [9.17, 15) is 4.79 Å². The Morgan fingerprint density at radius 2 is 2.00 bits per heavy atom. The molecule has 0 aliphatic heterocycles. The van der Waals surface area contributed by atoms with Crippen LogP contribution >= 0.6 is 11.3 Å². The highest BCUT2D eigenvalue weighted by Gasteiger charge is 2.14. The van der Waals surface area contributed by atoms with Crippen molar-refractivity contribution in [3.8, 4) is 11.1 Å². The highest BCUT2D eigenvalue weighted by atomic mass is 32.1. The van der Waals surface area contributed by atoms with Gasteiger partial charge in [0.1, 0.15) is 6.04 Å². The molecule has 0 amide bonds. The minimum absolute atomic E-state index is 0.343. The SMILES string of the molecule is CCOC(=O)C(N)Cc1ccc(-c2ccsc2)cc1. The van der Waals surface area contributed by atoms with Crippen LogP contribution in [0, 0.1) is 0 Å². The van der Waals surface area contributed by atoms with Crippen molar-refractivity contribution in [2.24, 2.45) is 5.73 Å². The van der Waals surface area contributed by atoms with Crippen LogP contribution in [0.1, 0.15) is 12.5 Å². The predicted octanol–water partition coefficient (Wildman–Crippen LogP) is 2.85. The average Bonchev–Trinajstić information content (AvgIpc) is 2.94. The summed E-state index contributed by atoms with van der Waals surface area (Å²) in [5.74, 6) is -0.343. The molecule has 1 unspecified atom stereocenters. The van der Waals surface area contributed by atoms with Gasteiger partial charge in [0.05, 0.1) is 6.61 Å². The third-order valence-electron chi connectivity index (χ3n) is 2.85. The Morgan fingerprint density at radius 1 is 1.26 bits per heavy atom. The van der Waals surface area contributed by atoms with Crippen LogP contribution in [0.5, 0.6) is 0 Å². The van der Waals surface area contributed by atoms with Crippen molar-refractivity contribution in [1.29, 1.82) is 0 Å². The van der Waals surface area contributed by atoms with E-state index in [1.54, 1.807) is 18.3 Å². The van der Waals surface area contributed by atoms with Gasteiger partial charge in [-0.1, -0.05) is 24.3 Å². The standard InChI is InChI=1S/C15H17NO2S/c1-2-18-15(17)14(16)9-11-3-5-12(6-4-11)13-7-8-19-10-13/h3-8,10,14H,2,9,16H2,1H3. The highest BCUT2D eigenvalue weighted by Crippen LogP contribution is 2.22. The second-order valence-corrected chi connectivity index (χ2v) is 5.05. The molecule has 0 fully saturated rings. The molecule has 1 aromatic heterocycles. The van der Waals surface area contributed by atoms with Crippen LogP contribution in [-0.4, -0.2) is 18.6 Å². The molecule has 4 heteroatoms. The van der Waals surface area contributed by atoms with Crippen molar-refractivity contribution in [3.63, 3.8) is 0 Å². The highest BCUT2D eigenvalue weighted by molar-refractivity contribution is 7.08. The van der Waals surface area contributed by atoms with Crippen LogP contribution in [0.2, 0.25) is 0 Å². The number of hydrogen-bond acceptors (Lipinski definition) is 4. The van der Waals surface area contributed by atoms with Gasteiger partial charge in [-0.15, -0.1) is 0 Å². The molecule has 1 atom stereocenters. The number of rotatable bonds is 5. The summed E-state index contributed by atoms with van der Waals surface area (Å²) < 4.78 is 4.90. The fourth-order valence-corrected chi connectivity index (χ4v) is 2.51. The third-order valence-corrected chi connectivity index (χ3v) is 3.54. The Morgan fingerprint density at radius 3 is 2.58 bits per heavy atom. The van der Waals surface area contributed by atoms with E-state index < -0.39 is 6.04 Å². The molecule has 0 saturated carbocycles. The van der Waals surface area contributed by atoms with Crippen molar-refractivity contribution in [2.45, 2.75) is 19.4 Å². The van der Waals surface area contributed by atoms with Crippen molar-refractivity contribution < 1.29 is 9.53 Å². The summed E-state index contributed by atoms with van der Waals surface area (Å²) in [5.41, 5.74) is 9.23. The zero-order valence-corrected chi connectivity index (χ0v) is 11.7. The van der Waals surface area contributed by atoms with Gasteiger partial charge < -0.3 is 10.5 Å². The summed E-state index contributed by atoms with van der Waals surface area (Å²) in [6.45, 7) is 2.14. The lowest BCUT2D eigenvalue weighted by atomic mass is 10.0. The van der Waals surface area contributed by atoms with E-state index in [-0.39, 0.29) is 5.97 Å². The molecule has 100 valence electrons. The fourth-order valence-electron chi connectivity index (χ4n) is 1.85. The minimum Gasteiger partial charge on any atom is -0.465 e. The number of carbonyl (C=O) groups excluding carboxylic acids is 1. The van der Waals surface area contributed by atoms with Gasteiger partial charge in [-0.25, -0.2) is 0 Å². The summed E-state index contributed by atoms with van der Waals surface area (Å²) in [4.78, 5) is 11.5. The van der Waals surface area contributed by atoms with Crippen molar-refractivity contribution in [3.05, 3.63) is 46.7 Å². The van der Waals surface area contributed by atoms with E-state index >= 15 is 0 Å². The lowest BCUT2D eigenvalue weighted by molar-refractivity contribution is -0.144. The molecule has 1 aromatic carbocycles. The first kappa shape index (κ1) is 13.8. The summed E-state index contributed by atoms with van der Waals surface area (Å²) in [6.07, 6.45) is 0.503. The first-order valence-electron chi connectivity index (χ1n) is 6.24. The Kier molecular flexibility index (Phi) is 4.71. The number of nitrogens with two attached hydrogens (primary N) is 1.